The number of ether oxygens (including phenoxy) is 1. The highest BCUT2D eigenvalue weighted by Crippen LogP contribution is 2.25. The topological polar surface area (TPSA) is 72.6 Å². The Labute approximate surface area is 120 Å². The summed E-state index contributed by atoms with van der Waals surface area (Å²) in [5.74, 6) is -0.427. The summed E-state index contributed by atoms with van der Waals surface area (Å²) in [7, 11) is 0. The molecule has 0 bridgehead atoms. The number of hydrogen-bond acceptors (Lipinski definition) is 4. The Hall–Kier alpha value is -0.940. The van der Waals surface area contributed by atoms with Gasteiger partial charge in [-0.3, -0.25) is 14.5 Å². The first-order valence-corrected chi connectivity index (χ1v) is 7.73. The minimum Gasteiger partial charge on any atom is -0.378 e. The van der Waals surface area contributed by atoms with Crippen molar-refractivity contribution in [1.29, 1.82) is 0 Å². The lowest BCUT2D eigenvalue weighted by molar-refractivity contribution is -0.140. The second-order valence-corrected chi connectivity index (χ2v) is 6.17. The molecule has 2 N–H and O–H groups in total. The van der Waals surface area contributed by atoms with Gasteiger partial charge in [0, 0.05) is 31.0 Å². The molecule has 2 fully saturated rings. The zero-order valence-corrected chi connectivity index (χ0v) is 12.5. The van der Waals surface area contributed by atoms with Gasteiger partial charge in [0.1, 0.15) is 0 Å². The van der Waals surface area contributed by atoms with Crippen LogP contribution in [0.1, 0.15) is 46.0 Å². The zero-order chi connectivity index (χ0) is 14.7. The van der Waals surface area contributed by atoms with Crippen molar-refractivity contribution in [1.82, 2.24) is 4.90 Å². The third-order valence-corrected chi connectivity index (χ3v) is 4.66. The number of carbonyl (C=O) groups is 2. The van der Waals surface area contributed by atoms with E-state index in [2.05, 4.69) is 0 Å². The van der Waals surface area contributed by atoms with Crippen molar-refractivity contribution in [3.05, 3.63) is 0 Å². The molecule has 1 aliphatic heterocycles. The molecule has 2 atom stereocenters. The van der Waals surface area contributed by atoms with E-state index in [1.54, 1.807) is 0 Å². The van der Waals surface area contributed by atoms with Crippen molar-refractivity contribution >= 4 is 11.8 Å². The highest BCUT2D eigenvalue weighted by atomic mass is 16.5. The molecule has 1 heterocycles. The maximum absolute atomic E-state index is 11.9. The van der Waals surface area contributed by atoms with Crippen LogP contribution in [0, 0.1) is 11.8 Å². The summed E-state index contributed by atoms with van der Waals surface area (Å²) in [4.78, 5) is 25.2. The molecule has 2 unspecified atom stereocenters. The average molecular weight is 282 g/mol. The fraction of sp³-hybridized carbons (Fsp3) is 0.867. The molecular weight excluding hydrogens is 256 g/mol. The van der Waals surface area contributed by atoms with Crippen LogP contribution in [0.2, 0.25) is 0 Å². The van der Waals surface area contributed by atoms with Gasteiger partial charge in [-0.05, 0) is 32.1 Å². The number of rotatable bonds is 5. The quantitative estimate of drug-likeness (QED) is 0.609. The van der Waals surface area contributed by atoms with E-state index in [0.717, 1.165) is 32.1 Å². The number of imide groups is 1. The fourth-order valence-corrected chi connectivity index (χ4v) is 2.98. The standard InChI is InChI=1S/C15H26N2O3/c1-10-11(2)15(19)17(14(10)18)8-3-9-20-13-6-4-12(16)5-7-13/h10-13H,3-9,16H2,1-2H3. The zero-order valence-electron chi connectivity index (χ0n) is 12.5. The summed E-state index contributed by atoms with van der Waals surface area (Å²) in [5, 5.41) is 0. The third-order valence-electron chi connectivity index (χ3n) is 4.66. The predicted molar refractivity (Wildman–Crippen MR) is 75.8 cm³/mol. The molecule has 1 saturated heterocycles. The SMILES string of the molecule is CC1C(=O)N(CCCOC2CCC(N)CC2)C(=O)C1C. The summed E-state index contributed by atoms with van der Waals surface area (Å²) in [6, 6.07) is 0.331. The minimum absolute atomic E-state index is 0.0360. The summed E-state index contributed by atoms with van der Waals surface area (Å²) in [6.07, 6.45) is 5.14. The Kier molecular flexibility index (Phi) is 5.16. The van der Waals surface area contributed by atoms with Gasteiger partial charge in [-0.2, -0.15) is 0 Å². The van der Waals surface area contributed by atoms with Crippen molar-refractivity contribution in [2.24, 2.45) is 17.6 Å². The van der Waals surface area contributed by atoms with Crippen LogP contribution >= 0.6 is 0 Å². The van der Waals surface area contributed by atoms with Crippen LogP contribution in [-0.4, -0.2) is 42.0 Å². The number of likely N-dealkylation sites (tertiary alicyclic amines) is 1. The molecule has 0 aromatic carbocycles. The lowest BCUT2D eigenvalue weighted by Crippen LogP contribution is -2.33. The van der Waals surface area contributed by atoms with Crippen molar-refractivity contribution in [2.45, 2.75) is 58.1 Å². The summed E-state index contributed by atoms with van der Waals surface area (Å²) >= 11 is 0. The largest absolute Gasteiger partial charge is 0.378 e. The molecule has 0 radical (unpaired) electrons. The van der Waals surface area contributed by atoms with Crippen molar-refractivity contribution in [2.75, 3.05) is 13.2 Å². The first-order chi connectivity index (χ1) is 9.50. The Morgan fingerprint density at radius 1 is 1.10 bits per heavy atom. The fourth-order valence-electron chi connectivity index (χ4n) is 2.98. The Balaban J connectivity index is 1.66. The van der Waals surface area contributed by atoms with Crippen LogP contribution in [0.25, 0.3) is 0 Å². The Bertz CT molecular complexity index is 344. The number of carbonyl (C=O) groups excluding carboxylic acids is 2. The van der Waals surface area contributed by atoms with Crippen molar-refractivity contribution in [3.8, 4) is 0 Å². The van der Waals surface area contributed by atoms with Gasteiger partial charge in [-0.15, -0.1) is 0 Å². The maximum Gasteiger partial charge on any atom is 0.232 e. The number of nitrogens with zero attached hydrogens (tertiary/aromatic N) is 1. The van der Waals surface area contributed by atoms with Gasteiger partial charge >= 0.3 is 0 Å². The molecule has 0 aromatic rings. The van der Waals surface area contributed by atoms with E-state index in [-0.39, 0.29) is 23.7 Å². The Morgan fingerprint density at radius 2 is 1.65 bits per heavy atom. The maximum atomic E-state index is 11.9. The van der Waals surface area contributed by atoms with Crippen LogP contribution in [0.15, 0.2) is 0 Å². The van der Waals surface area contributed by atoms with Crippen LogP contribution in [0.5, 0.6) is 0 Å². The molecule has 1 aliphatic carbocycles. The molecule has 1 saturated carbocycles. The molecule has 5 nitrogen and oxygen atoms in total. The molecule has 2 rings (SSSR count). The first kappa shape index (κ1) is 15.4. The molecule has 0 aromatic heterocycles. The summed E-state index contributed by atoms with van der Waals surface area (Å²) in [6.45, 7) is 4.75. The van der Waals surface area contributed by atoms with Gasteiger partial charge in [0.2, 0.25) is 11.8 Å². The minimum atomic E-state index is -0.178. The lowest BCUT2D eigenvalue weighted by Gasteiger charge is -2.26. The van der Waals surface area contributed by atoms with E-state index >= 15 is 0 Å². The smallest absolute Gasteiger partial charge is 0.232 e. The highest BCUT2D eigenvalue weighted by molar-refractivity contribution is 6.04. The highest BCUT2D eigenvalue weighted by Gasteiger charge is 2.41. The lowest BCUT2D eigenvalue weighted by atomic mass is 9.94. The molecular formula is C15H26N2O3. The Morgan fingerprint density at radius 3 is 2.20 bits per heavy atom. The molecule has 0 spiro atoms. The number of nitrogens with two attached hydrogens (primary N) is 1. The van der Waals surface area contributed by atoms with Crippen LogP contribution in [0.4, 0.5) is 0 Å². The second-order valence-electron chi connectivity index (χ2n) is 6.17. The summed E-state index contributed by atoms with van der Waals surface area (Å²) < 4.78 is 5.81. The van der Waals surface area contributed by atoms with Crippen LogP contribution in [0.3, 0.4) is 0 Å². The normalized spacial score (nSPS) is 34.9. The van der Waals surface area contributed by atoms with E-state index in [4.69, 9.17) is 10.5 Å². The van der Waals surface area contributed by atoms with Crippen LogP contribution < -0.4 is 5.73 Å². The van der Waals surface area contributed by atoms with Gasteiger partial charge in [0.15, 0.2) is 0 Å². The van der Waals surface area contributed by atoms with Crippen molar-refractivity contribution < 1.29 is 14.3 Å². The predicted octanol–water partition coefficient (Wildman–Crippen LogP) is 1.30. The number of hydrogen-bond donors (Lipinski definition) is 1. The first-order valence-electron chi connectivity index (χ1n) is 7.73. The summed E-state index contributed by atoms with van der Waals surface area (Å²) in [5.41, 5.74) is 5.85. The molecule has 2 aliphatic rings. The van der Waals surface area contributed by atoms with Gasteiger partial charge in [0.05, 0.1) is 6.10 Å². The van der Waals surface area contributed by atoms with Crippen LogP contribution in [-0.2, 0) is 14.3 Å². The van der Waals surface area contributed by atoms with E-state index in [0.29, 0.717) is 25.3 Å². The monoisotopic (exact) mass is 282 g/mol. The molecule has 20 heavy (non-hydrogen) atoms. The molecule has 2 amide bonds. The molecule has 5 heteroatoms. The van der Waals surface area contributed by atoms with Gasteiger partial charge in [0.25, 0.3) is 0 Å². The van der Waals surface area contributed by atoms with Crippen molar-refractivity contribution in [3.63, 3.8) is 0 Å². The van der Waals surface area contributed by atoms with Gasteiger partial charge < -0.3 is 10.5 Å². The second kappa shape index (κ2) is 6.68. The van der Waals surface area contributed by atoms with E-state index in [9.17, 15) is 9.59 Å². The van der Waals surface area contributed by atoms with E-state index in [1.807, 2.05) is 13.8 Å². The number of amides is 2. The van der Waals surface area contributed by atoms with E-state index < -0.39 is 0 Å². The molecule has 114 valence electrons. The van der Waals surface area contributed by atoms with E-state index in [1.165, 1.54) is 4.90 Å². The third kappa shape index (κ3) is 3.38. The van der Waals surface area contributed by atoms with Gasteiger partial charge in [-0.1, -0.05) is 13.8 Å². The average Bonchev–Trinajstić information content (AvgIpc) is 2.62. The van der Waals surface area contributed by atoms with Gasteiger partial charge in [-0.25, -0.2) is 0 Å².